The van der Waals surface area contributed by atoms with Crippen molar-refractivity contribution in [2.24, 2.45) is 0 Å². The minimum absolute atomic E-state index is 0.0168. The summed E-state index contributed by atoms with van der Waals surface area (Å²) in [6, 6.07) is 5.05. The number of anilines is 1. The molecule has 21 heavy (non-hydrogen) atoms. The predicted molar refractivity (Wildman–Crippen MR) is 81.6 cm³/mol. The second kappa shape index (κ2) is 7.31. The molecule has 1 saturated heterocycles. The number of carbonyl (C=O) groups excluding carboxylic acids is 2. The fourth-order valence-electron chi connectivity index (χ4n) is 2.32. The largest absolute Gasteiger partial charge is 0.492 e. The minimum atomic E-state index is -0.137. The van der Waals surface area contributed by atoms with Gasteiger partial charge in [-0.1, -0.05) is 11.6 Å². The number of carbonyl (C=O) groups is 2. The van der Waals surface area contributed by atoms with Crippen molar-refractivity contribution in [3.8, 4) is 5.75 Å². The number of ether oxygens (including phenoxy) is 1. The number of hydrogen-bond acceptors (Lipinski definition) is 3. The quantitative estimate of drug-likeness (QED) is 0.878. The summed E-state index contributed by atoms with van der Waals surface area (Å²) >= 11 is 6.07. The third kappa shape index (κ3) is 4.63. The Labute approximate surface area is 129 Å². The molecule has 0 aromatic heterocycles. The maximum absolute atomic E-state index is 12.0. The third-order valence-corrected chi connectivity index (χ3v) is 3.56. The Morgan fingerprint density at radius 2 is 2.33 bits per heavy atom. The molecule has 5 nitrogen and oxygen atoms in total. The van der Waals surface area contributed by atoms with Crippen molar-refractivity contribution >= 4 is 29.1 Å². The van der Waals surface area contributed by atoms with E-state index in [9.17, 15) is 9.59 Å². The molecule has 1 atom stereocenters. The first-order valence-electron chi connectivity index (χ1n) is 7.10. The monoisotopic (exact) mass is 310 g/mol. The van der Waals surface area contributed by atoms with E-state index >= 15 is 0 Å². The number of nitrogens with one attached hydrogen (secondary N) is 2. The van der Waals surface area contributed by atoms with Crippen LogP contribution in [0.1, 0.15) is 32.6 Å². The smallest absolute Gasteiger partial charge is 0.226 e. The van der Waals surface area contributed by atoms with Gasteiger partial charge in [0.05, 0.1) is 11.6 Å². The highest BCUT2D eigenvalue weighted by molar-refractivity contribution is 6.32. The van der Waals surface area contributed by atoms with Crippen molar-refractivity contribution in [1.29, 1.82) is 0 Å². The zero-order chi connectivity index (χ0) is 15.2. The molecule has 1 unspecified atom stereocenters. The van der Waals surface area contributed by atoms with Crippen molar-refractivity contribution < 1.29 is 14.3 Å². The molecular weight excluding hydrogens is 292 g/mol. The van der Waals surface area contributed by atoms with Crippen LogP contribution in [0.25, 0.3) is 0 Å². The van der Waals surface area contributed by atoms with Crippen LogP contribution >= 0.6 is 11.6 Å². The Bertz CT molecular complexity index is 534. The second-order valence-corrected chi connectivity index (χ2v) is 5.39. The van der Waals surface area contributed by atoms with Crippen molar-refractivity contribution in [1.82, 2.24) is 5.32 Å². The van der Waals surface area contributed by atoms with Crippen molar-refractivity contribution in [2.75, 3.05) is 11.9 Å². The van der Waals surface area contributed by atoms with Gasteiger partial charge in [0.2, 0.25) is 11.8 Å². The van der Waals surface area contributed by atoms with Crippen LogP contribution in [0.15, 0.2) is 18.2 Å². The van der Waals surface area contributed by atoms with Gasteiger partial charge in [-0.2, -0.15) is 0 Å². The first-order valence-corrected chi connectivity index (χ1v) is 7.48. The lowest BCUT2D eigenvalue weighted by atomic mass is 10.0. The van der Waals surface area contributed by atoms with Crippen LogP contribution in [0.5, 0.6) is 5.75 Å². The molecule has 1 aliphatic rings. The Balaban J connectivity index is 1.90. The fraction of sp³-hybridized carbons (Fsp3) is 0.467. The highest BCUT2D eigenvalue weighted by Crippen LogP contribution is 2.27. The van der Waals surface area contributed by atoms with Crippen molar-refractivity contribution in [2.45, 2.75) is 38.6 Å². The molecule has 1 aromatic carbocycles. The topological polar surface area (TPSA) is 67.4 Å². The standard InChI is InChI=1S/C15H19ClN2O3/c1-2-21-13-7-6-11(8-12(13)16)18-15(20)9-10-4-3-5-14(19)17-10/h6-8,10H,2-5,9H2,1H3,(H,17,19)(H,18,20). The second-order valence-electron chi connectivity index (χ2n) is 4.99. The molecule has 1 fully saturated rings. The minimum Gasteiger partial charge on any atom is -0.492 e. The summed E-state index contributed by atoms with van der Waals surface area (Å²) in [6.45, 7) is 2.41. The van der Waals surface area contributed by atoms with Crippen LogP contribution in [0.4, 0.5) is 5.69 Å². The average Bonchev–Trinajstić information content (AvgIpc) is 2.42. The number of benzene rings is 1. The lowest BCUT2D eigenvalue weighted by Crippen LogP contribution is -2.40. The molecule has 6 heteroatoms. The van der Waals surface area contributed by atoms with Crippen LogP contribution in [0, 0.1) is 0 Å². The molecule has 2 rings (SSSR count). The van der Waals surface area contributed by atoms with Crippen molar-refractivity contribution in [3.05, 3.63) is 23.2 Å². The molecule has 0 bridgehead atoms. The summed E-state index contributed by atoms with van der Waals surface area (Å²) in [6.07, 6.45) is 2.49. The third-order valence-electron chi connectivity index (χ3n) is 3.27. The Morgan fingerprint density at radius 3 is 3.00 bits per heavy atom. The van der Waals surface area contributed by atoms with Gasteiger partial charge in [-0.05, 0) is 38.0 Å². The summed E-state index contributed by atoms with van der Waals surface area (Å²) in [5.41, 5.74) is 0.621. The van der Waals surface area contributed by atoms with Gasteiger partial charge in [-0.25, -0.2) is 0 Å². The molecule has 2 amide bonds. The molecule has 2 N–H and O–H groups in total. The summed E-state index contributed by atoms with van der Waals surface area (Å²) in [4.78, 5) is 23.3. The molecule has 1 heterocycles. The van der Waals surface area contributed by atoms with E-state index in [4.69, 9.17) is 16.3 Å². The highest BCUT2D eigenvalue weighted by Gasteiger charge is 2.20. The van der Waals surface area contributed by atoms with Gasteiger partial charge in [0.1, 0.15) is 5.75 Å². The van der Waals surface area contributed by atoms with Gasteiger partial charge in [0.25, 0.3) is 0 Å². The molecule has 1 aromatic rings. The molecule has 0 saturated carbocycles. The van der Waals surface area contributed by atoms with Crippen LogP contribution in [0.3, 0.4) is 0 Å². The predicted octanol–water partition coefficient (Wildman–Crippen LogP) is 2.74. The van der Waals surface area contributed by atoms with E-state index in [1.165, 1.54) is 0 Å². The van der Waals surface area contributed by atoms with Crippen LogP contribution in [-0.2, 0) is 9.59 Å². The Kier molecular flexibility index (Phi) is 5.44. The van der Waals surface area contributed by atoms with Crippen LogP contribution < -0.4 is 15.4 Å². The maximum Gasteiger partial charge on any atom is 0.226 e. The molecule has 0 spiro atoms. The fourth-order valence-corrected chi connectivity index (χ4v) is 2.56. The van der Waals surface area contributed by atoms with Gasteiger partial charge in [-0.15, -0.1) is 0 Å². The van der Waals surface area contributed by atoms with E-state index in [1.807, 2.05) is 6.92 Å². The Morgan fingerprint density at radius 1 is 1.52 bits per heavy atom. The number of rotatable bonds is 5. The number of hydrogen-bond donors (Lipinski definition) is 2. The molecule has 0 aliphatic carbocycles. The van der Waals surface area contributed by atoms with E-state index in [1.54, 1.807) is 18.2 Å². The highest BCUT2D eigenvalue weighted by atomic mass is 35.5. The van der Waals surface area contributed by atoms with Gasteiger partial charge in [0, 0.05) is 24.6 Å². The van der Waals surface area contributed by atoms with E-state index in [0.717, 1.165) is 12.8 Å². The van der Waals surface area contributed by atoms with E-state index < -0.39 is 0 Å². The zero-order valence-electron chi connectivity index (χ0n) is 11.9. The van der Waals surface area contributed by atoms with Gasteiger partial charge in [-0.3, -0.25) is 9.59 Å². The van der Waals surface area contributed by atoms with Crippen molar-refractivity contribution in [3.63, 3.8) is 0 Å². The first kappa shape index (κ1) is 15.6. The van der Waals surface area contributed by atoms with Gasteiger partial charge >= 0.3 is 0 Å². The first-order chi connectivity index (χ1) is 10.1. The van der Waals surface area contributed by atoms with Gasteiger partial charge < -0.3 is 15.4 Å². The van der Waals surface area contributed by atoms with E-state index in [-0.39, 0.29) is 24.3 Å². The van der Waals surface area contributed by atoms with Gasteiger partial charge in [0.15, 0.2) is 0 Å². The zero-order valence-corrected chi connectivity index (χ0v) is 12.7. The van der Waals surface area contributed by atoms with Crippen LogP contribution in [0.2, 0.25) is 5.02 Å². The Hall–Kier alpha value is -1.75. The lowest BCUT2D eigenvalue weighted by Gasteiger charge is -2.22. The van der Waals surface area contributed by atoms with E-state index in [0.29, 0.717) is 29.5 Å². The molecule has 0 radical (unpaired) electrons. The van der Waals surface area contributed by atoms with Crippen LogP contribution in [-0.4, -0.2) is 24.5 Å². The molecule has 114 valence electrons. The summed E-state index contributed by atoms with van der Waals surface area (Å²) in [5, 5.41) is 6.07. The normalized spacial score (nSPS) is 18.0. The molecular formula is C15H19ClN2O3. The summed E-state index contributed by atoms with van der Waals surface area (Å²) < 4.78 is 5.34. The number of piperidine rings is 1. The summed E-state index contributed by atoms with van der Waals surface area (Å²) in [7, 11) is 0. The lowest BCUT2D eigenvalue weighted by molar-refractivity contribution is -0.124. The maximum atomic E-state index is 12.0. The number of amides is 2. The average molecular weight is 311 g/mol. The summed E-state index contributed by atoms with van der Waals surface area (Å²) in [5.74, 6) is 0.474. The SMILES string of the molecule is CCOc1ccc(NC(=O)CC2CCCC(=O)N2)cc1Cl. The number of halogens is 1. The molecule has 1 aliphatic heterocycles. The van der Waals surface area contributed by atoms with E-state index in [2.05, 4.69) is 10.6 Å².